The van der Waals surface area contributed by atoms with Gasteiger partial charge in [0.1, 0.15) is 11.9 Å². The molecule has 1 aromatic heterocycles. The van der Waals surface area contributed by atoms with Gasteiger partial charge >= 0.3 is 5.82 Å². The summed E-state index contributed by atoms with van der Waals surface area (Å²) in [7, 11) is 0. The zero-order valence-electron chi connectivity index (χ0n) is 8.73. The largest absolute Gasteiger partial charge is 0.386 e. The summed E-state index contributed by atoms with van der Waals surface area (Å²) in [5.74, 6) is -0.181. The number of pyridine rings is 1. The third-order valence-corrected chi connectivity index (χ3v) is 1.94. The molecule has 0 unspecified atom stereocenters. The van der Waals surface area contributed by atoms with Crippen LogP contribution < -0.4 is 11.1 Å². The van der Waals surface area contributed by atoms with Gasteiger partial charge in [-0.15, -0.1) is 0 Å². The van der Waals surface area contributed by atoms with Gasteiger partial charge in [-0.05, 0) is 35.9 Å². The number of nitrogens with zero attached hydrogens (tertiary/aromatic N) is 2. The van der Waals surface area contributed by atoms with Gasteiger partial charge in [0, 0.05) is 12.1 Å². The average molecular weight is 210 g/mol. The number of aromatic nitrogens is 1. The lowest BCUT2D eigenvalue weighted by Crippen LogP contribution is -2.39. The molecule has 6 nitrogen and oxygen atoms in total. The highest BCUT2D eigenvalue weighted by Crippen LogP contribution is 2.23. The highest BCUT2D eigenvalue weighted by Gasteiger charge is 2.21. The van der Waals surface area contributed by atoms with Gasteiger partial charge in [0.2, 0.25) is 0 Å². The fraction of sp³-hybridized carbons (Fsp3) is 0.444. The van der Waals surface area contributed by atoms with Crippen molar-refractivity contribution in [1.82, 2.24) is 4.98 Å². The standard InChI is InChI=1S/C9H14N4O2/c1-9(2,6-10)12-7-4-3-5-11-8(7)13(14)15/h3-5,12H,6,10H2,1-2H3. The van der Waals surface area contributed by atoms with E-state index in [1.54, 1.807) is 12.1 Å². The van der Waals surface area contributed by atoms with E-state index in [-0.39, 0.29) is 5.82 Å². The first-order valence-electron chi connectivity index (χ1n) is 4.54. The average Bonchev–Trinajstić information content (AvgIpc) is 2.18. The lowest BCUT2D eigenvalue weighted by Gasteiger charge is -2.24. The Morgan fingerprint density at radius 2 is 2.33 bits per heavy atom. The molecule has 0 aliphatic rings. The lowest BCUT2D eigenvalue weighted by atomic mass is 10.1. The van der Waals surface area contributed by atoms with Crippen molar-refractivity contribution in [2.24, 2.45) is 5.73 Å². The van der Waals surface area contributed by atoms with Gasteiger partial charge in [-0.2, -0.15) is 0 Å². The summed E-state index contributed by atoms with van der Waals surface area (Å²) < 4.78 is 0. The fourth-order valence-corrected chi connectivity index (χ4v) is 1.06. The van der Waals surface area contributed by atoms with Crippen LogP contribution in [0.25, 0.3) is 0 Å². The van der Waals surface area contributed by atoms with E-state index >= 15 is 0 Å². The van der Waals surface area contributed by atoms with Gasteiger partial charge in [-0.3, -0.25) is 0 Å². The van der Waals surface area contributed by atoms with Crippen LogP contribution in [0, 0.1) is 10.1 Å². The van der Waals surface area contributed by atoms with E-state index in [0.717, 1.165) is 0 Å². The molecule has 0 spiro atoms. The second-order valence-corrected chi connectivity index (χ2v) is 3.84. The summed E-state index contributed by atoms with van der Waals surface area (Å²) >= 11 is 0. The van der Waals surface area contributed by atoms with Crippen LogP contribution in [0.15, 0.2) is 18.3 Å². The van der Waals surface area contributed by atoms with Crippen LogP contribution in [0.3, 0.4) is 0 Å². The Balaban J connectivity index is 2.99. The van der Waals surface area contributed by atoms with Crippen molar-refractivity contribution in [3.8, 4) is 0 Å². The van der Waals surface area contributed by atoms with Crippen molar-refractivity contribution >= 4 is 11.5 Å². The Kier molecular flexibility index (Phi) is 3.21. The molecule has 0 amide bonds. The second kappa shape index (κ2) is 4.22. The van der Waals surface area contributed by atoms with Crippen LogP contribution in [0.5, 0.6) is 0 Å². The first-order chi connectivity index (χ1) is 6.96. The minimum absolute atomic E-state index is 0.181. The molecule has 6 heteroatoms. The fourth-order valence-electron chi connectivity index (χ4n) is 1.06. The third kappa shape index (κ3) is 2.88. The SMILES string of the molecule is CC(C)(CN)Nc1cccnc1[N+](=O)[O-]. The van der Waals surface area contributed by atoms with E-state index in [1.807, 2.05) is 13.8 Å². The first-order valence-corrected chi connectivity index (χ1v) is 4.54. The van der Waals surface area contributed by atoms with Crippen LogP contribution in [0.1, 0.15) is 13.8 Å². The smallest absolute Gasteiger partial charge is 0.372 e. The predicted molar refractivity (Wildman–Crippen MR) is 57.6 cm³/mol. The Morgan fingerprint density at radius 3 is 2.87 bits per heavy atom. The maximum Gasteiger partial charge on any atom is 0.386 e. The number of anilines is 1. The van der Waals surface area contributed by atoms with Crippen LogP contribution in [0.4, 0.5) is 11.5 Å². The number of rotatable bonds is 4. The minimum Gasteiger partial charge on any atom is -0.372 e. The third-order valence-electron chi connectivity index (χ3n) is 1.94. The summed E-state index contributed by atoms with van der Waals surface area (Å²) in [6.07, 6.45) is 1.39. The van der Waals surface area contributed by atoms with Crippen LogP contribution >= 0.6 is 0 Å². The number of nitro groups is 1. The molecule has 1 rings (SSSR count). The molecule has 1 heterocycles. The van der Waals surface area contributed by atoms with Gasteiger partial charge in [0.25, 0.3) is 0 Å². The number of hydrogen-bond donors (Lipinski definition) is 2. The summed E-state index contributed by atoms with van der Waals surface area (Å²) in [5, 5.41) is 13.7. The predicted octanol–water partition coefficient (Wildman–Crippen LogP) is 1.14. The van der Waals surface area contributed by atoms with E-state index in [9.17, 15) is 10.1 Å². The molecular formula is C9H14N4O2. The zero-order chi connectivity index (χ0) is 11.5. The van der Waals surface area contributed by atoms with Gasteiger partial charge < -0.3 is 21.2 Å². The molecule has 0 saturated heterocycles. The Labute approximate surface area is 87.7 Å². The highest BCUT2D eigenvalue weighted by molar-refractivity contribution is 5.57. The molecule has 1 aromatic rings. The van der Waals surface area contributed by atoms with E-state index in [1.165, 1.54) is 6.20 Å². The van der Waals surface area contributed by atoms with E-state index < -0.39 is 10.5 Å². The molecule has 0 aliphatic heterocycles. The highest BCUT2D eigenvalue weighted by atomic mass is 16.6. The van der Waals surface area contributed by atoms with E-state index in [0.29, 0.717) is 12.2 Å². The molecular weight excluding hydrogens is 196 g/mol. The monoisotopic (exact) mass is 210 g/mol. The minimum atomic E-state index is -0.519. The molecule has 82 valence electrons. The van der Waals surface area contributed by atoms with Crippen LogP contribution in [-0.4, -0.2) is 22.0 Å². The maximum absolute atomic E-state index is 10.7. The maximum atomic E-state index is 10.7. The van der Waals surface area contributed by atoms with Gasteiger partial charge in [0.15, 0.2) is 0 Å². The van der Waals surface area contributed by atoms with Crippen molar-refractivity contribution in [1.29, 1.82) is 0 Å². The van der Waals surface area contributed by atoms with Crippen LogP contribution in [-0.2, 0) is 0 Å². The molecule has 0 saturated carbocycles. The quantitative estimate of drug-likeness (QED) is 0.574. The van der Waals surface area contributed by atoms with Crippen LogP contribution in [0.2, 0.25) is 0 Å². The molecule has 15 heavy (non-hydrogen) atoms. The van der Waals surface area contributed by atoms with Gasteiger partial charge in [-0.1, -0.05) is 0 Å². The molecule has 0 atom stereocenters. The van der Waals surface area contributed by atoms with Gasteiger partial charge in [0.05, 0.1) is 0 Å². The van der Waals surface area contributed by atoms with Crippen molar-refractivity contribution < 1.29 is 4.92 Å². The molecule has 3 N–H and O–H groups in total. The van der Waals surface area contributed by atoms with Crippen molar-refractivity contribution in [2.45, 2.75) is 19.4 Å². The number of nitrogens with two attached hydrogens (primary N) is 1. The molecule has 0 bridgehead atoms. The van der Waals surface area contributed by atoms with Gasteiger partial charge in [-0.25, -0.2) is 0 Å². The number of hydrogen-bond acceptors (Lipinski definition) is 5. The summed E-state index contributed by atoms with van der Waals surface area (Å²) in [6.45, 7) is 4.10. The molecule has 0 aromatic carbocycles. The molecule has 0 aliphatic carbocycles. The van der Waals surface area contributed by atoms with E-state index in [4.69, 9.17) is 5.73 Å². The first kappa shape index (κ1) is 11.4. The van der Waals surface area contributed by atoms with Crippen molar-refractivity contribution in [3.05, 3.63) is 28.4 Å². The summed E-state index contributed by atoms with van der Waals surface area (Å²) in [4.78, 5) is 13.8. The zero-order valence-corrected chi connectivity index (χ0v) is 8.73. The topological polar surface area (TPSA) is 94.1 Å². The Bertz CT molecular complexity index is 365. The normalized spacial score (nSPS) is 11.1. The molecule has 0 radical (unpaired) electrons. The van der Waals surface area contributed by atoms with E-state index in [2.05, 4.69) is 10.3 Å². The Morgan fingerprint density at radius 1 is 1.67 bits per heavy atom. The lowest BCUT2D eigenvalue weighted by molar-refractivity contribution is -0.388. The summed E-state index contributed by atoms with van der Waals surface area (Å²) in [6, 6.07) is 3.25. The van der Waals surface area contributed by atoms with Crippen molar-refractivity contribution in [2.75, 3.05) is 11.9 Å². The van der Waals surface area contributed by atoms with Crippen molar-refractivity contribution in [3.63, 3.8) is 0 Å². The second-order valence-electron chi connectivity index (χ2n) is 3.84. The summed E-state index contributed by atoms with van der Waals surface area (Å²) in [5.41, 5.74) is 5.52. The molecule has 0 fully saturated rings. The Hall–Kier alpha value is -1.69. The number of nitrogens with one attached hydrogen (secondary N) is 1.